The van der Waals surface area contributed by atoms with Gasteiger partial charge >= 0.3 is 6.09 Å². The summed E-state index contributed by atoms with van der Waals surface area (Å²) >= 11 is 0. The number of hydrogen-bond donors (Lipinski definition) is 4. The monoisotopic (exact) mass is 560 g/mol. The highest BCUT2D eigenvalue weighted by molar-refractivity contribution is 6.06. The number of nitrogens with zero attached hydrogens (tertiary/aromatic N) is 3. The Morgan fingerprint density at radius 2 is 1.85 bits per heavy atom. The molecule has 0 saturated carbocycles. The van der Waals surface area contributed by atoms with Crippen LogP contribution >= 0.6 is 0 Å². The van der Waals surface area contributed by atoms with E-state index in [0.717, 1.165) is 27.8 Å². The lowest BCUT2D eigenvalue weighted by atomic mass is 10.1. The van der Waals surface area contributed by atoms with E-state index >= 15 is 0 Å². The summed E-state index contributed by atoms with van der Waals surface area (Å²) in [6, 6.07) is 16.1. The third kappa shape index (κ3) is 7.73. The molecule has 4 rings (SSSR count). The number of pyridine rings is 1. The first-order chi connectivity index (χ1) is 19.9. The summed E-state index contributed by atoms with van der Waals surface area (Å²) in [5.41, 5.74) is 9.34. The zero-order chi connectivity index (χ0) is 29.2. The molecular weight excluding hydrogens is 524 g/mol. The molecular formula is C30H36N6O5. The molecule has 0 saturated heterocycles. The van der Waals surface area contributed by atoms with E-state index in [1.54, 1.807) is 0 Å². The molecule has 2 heterocycles. The number of fused-ring (bicyclic) bond motifs is 3. The molecule has 0 aliphatic heterocycles. The van der Waals surface area contributed by atoms with Crippen molar-refractivity contribution in [2.75, 3.05) is 18.9 Å². The largest absolute Gasteiger partial charge is 0.513 e. The van der Waals surface area contributed by atoms with Crippen LogP contribution in [-0.4, -0.2) is 50.8 Å². The van der Waals surface area contributed by atoms with Gasteiger partial charge in [0.05, 0.1) is 16.8 Å². The molecule has 2 aromatic heterocycles. The van der Waals surface area contributed by atoms with Gasteiger partial charge in [-0.2, -0.15) is 0 Å². The minimum absolute atomic E-state index is 0.0722. The number of benzene rings is 2. The minimum atomic E-state index is -0.903. The fourth-order valence-corrected chi connectivity index (χ4v) is 4.51. The molecule has 0 aliphatic carbocycles. The van der Waals surface area contributed by atoms with Crippen LogP contribution in [0.2, 0.25) is 0 Å². The van der Waals surface area contributed by atoms with Crippen LogP contribution in [-0.2, 0) is 34.0 Å². The Bertz CT molecular complexity index is 1500. The lowest BCUT2D eigenvalue weighted by Crippen LogP contribution is -2.47. The normalized spacial score (nSPS) is 11.8. The summed E-state index contributed by atoms with van der Waals surface area (Å²) in [4.78, 5) is 34.6. The number of nitrogens with one attached hydrogen (secondary N) is 2. The number of aliphatic hydroxyl groups is 1. The predicted molar refractivity (Wildman–Crippen MR) is 157 cm³/mol. The molecule has 2 amide bonds. The first-order valence-corrected chi connectivity index (χ1v) is 13.6. The van der Waals surface area contributed by atoms with Crippen LogP contribution in [0.25, 0.3) is 21.9 Å². The summed E-state index contributed by atoms with van der Waals surface area (Å²) in [5.74, 6) is 0.617. The van der Waals surface area contributed by atoms with Gasteiger partial charge in [-0.1, -0.05) is 55.1 Å². The standard InChI is InChI=1S/C30H36N6O5/c1-3-40-19-25-35-26-27(22-12-7-8-13-23(22)33-28(26)31)36(25)17-9-16-32-29(38)24(15-14-20(2)37)34-30(39)41-18-21-10-5-4-6-11-21/h4-8,10-13,24,37H,2-3,9,14-19H2,1H3,(H2,31,33)(H,32,38)(H,34,39)/t24-/m0/s1. The van der Waals surface area contributed by atoms with E-state index in [1.807, 2.05) is 61.5 Å². The van der Waals surface area contributed by atoms with Crippen LogP contribution in [0.15, 0.2) is 66.9 Å². The van der Waals surface area contributed by atoms with Gasteiger partial charge in [0.15, 0.2) is 5.82 Å². The smallest absolute Gasteiger partial charge is 0.408 e. The average molecular weight is 561 g/mol. The molecule has 0 radical (unpaired) electrons. The van der Waals surface area contributed by atoms with Gasteiger partial charge in [-0.15, -0.1) is 0 Å². The van der Waals surface area contributed by atoms with Gasteiger partial charge in [-0.05, 0) is 31.4 Å². The molecule has 2 aromatic carbocycles. The Balaban J connectivity index is 1.41. The first-order valence-electron chi connectivity index (χ1n) is 13.6. The number of hydrogen-bond acceptors (Lipinski definition) is 8. The minimum Gasteiger partial charge on any atom is -0.513 e. The lowest BCUT2D eigenvalue weighted by Gasteiger charge is -2.18. The van der Waals surface area contributed by atoms with Crippen molar-refractivity contribution in [2.24, 2.45) is 0 Å². The van der Waals surface area contributed by atoms with Crippen molar-refractivity contribution in [3.63, 3.8) is 0 Å². The van der Waals surface area contributed by atoms with E-state index in [-0.39, 0.29) is 31.1 Å². The van der Waals surface area contributed by atoms with Crippen molar-refractivity contribution in [3.8, 4) is 0 Å². The fraction of sp³-hybridized carbons (Fsp3) is 0.333. The number of allylic oxidation sites excluding steroid dienone is 1. The number of rotatable bonds is 14. The molecule has 0 aliphatic rings. The average Bonchev–Trinajstić information content (AvgIpc) is 3.34. The highest BCUT2D eigenvalue weighted by atomic mass is 16.5. The number of alkyl carbamates (subject to hydrolysis) is 1. The van der Waals surface area contributed by atoms with Crippen LogP contribution in [0.1, 0.15) is 37.6 Å². The van der Waals surface area contributed by atoms with E-state index in [0.29, 0.717) is 44.1 Å². The van der Waals surface area contributed by atoms with Crippen LogP contribution in [0.3, 0.4) is 0 Å². The van der Waals surface area contributed by atoms with Crippen molar-refractivity contribution in [1.29, 1.82) is 0 Å². The molecule has 11 nitrogen and oxygen atoms in total. The molecule has 216 valence electrons. The molecule has 0 unspecified atom stereocenters. The second-order valence-electron chi connectivity index (χ2n) is 9.54. The number of carbonyl (C=O) groups is 2. The topological polar surface area (TPSA) is 154 Å². The Hall–Kier alpha value is -4.64. The van der Waals surface area contributed by atoms with Crippen LogP contribution in [0, 0.1) is 0 Å². The number of carbonyl (C=O) groups excluding carboxylic acids is 2. The number of nitrogens with two attached hydrogens (primary N) is 1. The molecule has 0 bridgehead atoms. The van der Waals surface area contributed by atoms with E-state index in [1.165, 1.54) is 0 Å². The first kappa shape index (κ1) is 29.3. The van der Waals surface area contributed by atoms with Crippen molar-refractivity contribution in [3.05, 3.63) is 78.3 Å². The second-order valence-corrected chi connectivity index (χ2v) is 9.54. The molecule has 0 fully saturated rings. The Morgan fingerprint density at radius 3 is 2.61 bits per heavy atom. The number of aryl methyl sites for hydroxylation is 1. The summed E-state index contributed by atoms with van der Waals surface area (Å²) in [7, 11) is 0. The zero-order valence-corrected chi connectivity index (χ0v) is 23.1. The second kappa shape index (κ2) is 14.1. The SMILES string of the molecule is C=C(O)CC[C@H](NC(=O)OCc1ccccc1)C(=O)NCCCn1c(COCC)nc2c(N)nc3ccccc3c21. The number of ether oxygens (including phenoxy) is 2. The van der Waals surface area contributed by atoms with Gasteiger partial charge in [0.2, 0.25) is 5.91 Å². The number of aromatic nitrogens is 3. The van der Waals surface area contributed by atoms with Crippen molar-refractivity contribution < 1.29 is 24.2 Å². The van der Waals surface area contributed by atoms with Crippen LogP contribution < -0.4 is 16.4 Å². The van der Waals surface area contributed by atoms with E-state index in [2.05, 4.69) is 26.8 Å². The van der Waals surface area contributed by atoms with E-state index in [4.69, 9.17) is 20.2 Å². The molecule has 1 atom stereocenters. The van der Waals surface area contributed by atoms with Gasteiger partial charge in [0.25, 0.3) is 0 Å². The van der Waals surface area contributed by atoms with E-state index in [9.17, 15) is 14.7 Å². The number of nitrogen functional groups attached to an aromatic ring is 1. The summed E-state index contributed by atoms with van der Waals surface area (Å²) in [6.45, 7) is 7.19. The van der Waals surface area contributed by atoms with Gasteiger partial charge < -0.3 is 35.5 Å². The maximum atomic E-state index is 13.0. The molecule has 11 heteroatoms. The molecule has 5 N–H and O–H groups in total. The lowest BCUT2D eigenvalue weighted by molar-refractivity contribution is -0.123. The third-order valence-electron chi connectivity index (χ3n) is 6.53. The highest BCUT2D eigenvalue weighted by Gasteiger charge is 2.22. The van der Waals surface area contributed by atoms with Gasteiger partial charge in [0.1, 0.15) is 30.6 Å². The van der Waals surface area contributed by atoms with Crippen molar-refractivity contribution in [1.82, 2.24) is 25.2 Å². The number of para-hydroxylation sites is 1. The third-order valence-corrected chi connectivity index (χ3v) is 6.53. The number of aliphatic hydroxyl groups excluding tert-OH is 1. The predicted octanol–water partition coefficient (Wildman–Crippen LogP) is 4.36. The van der Waals surface area contributed by atoms with Gasteiger partial charge in [-0.3, -0.25) is 4.79 Å². The summed E-state index contributed by atoms with van der Waals surface area (Å²) in [5, 5.41) is 16.0. The number of amides is 2. The van der Waals surface area contributed by atoms with E-state index < -0.39 is 12.1 Å². The van der Waals surface area contributed by atoms with Crippen molar-refractivity contribution >= 4 is 39.8 Å². The summed E-state index contributed by atoms with van der Waals surface area (Å²) < 4.78 is 13.0. The number of anilines is 1. The van der Waals surface area contributed by atoms with Crippen molar-refractivity contribution in [2.45, 2.75) is 52.0 Å². The zero-order valence-electron chi connectivity index (χ0n) is 23.1. The maximum absolute atomic E-state index is 13.0. The number of imidazole rings is 1. The maximum Gasteiger partial charge on any atom is 0.408 e. The molecule has 0 spiro atoms. The van der Waals surface area contributed by atoms with Gasteiger partial charge in [0, 0.05) is 31.5 Å². The quantitative estimate of drug-likeness (QED) is 0.131. The Morgan fingerprint density at radius 1 is 1.10 bits per heavy atom. The fourth-order valence-electron chi connectivity index (χ4n) is 4.51. The van der Waals surface area contributed by atoms with Gasteiger partial charge in [-0.25, -0.2) is 14.8 Å². The molecule has 41 heavy (non-hydrogen) atoms. The van der Waals surface area contributed by atoms with Crippen LogP contribution in [0.5, 0.6) is 0 Å². The molecule has 4 aromatic rings. The van der Waals surface area contributed by atoms with Crippen LogP contribution in [0.4, 0.5) is 10.6 Å². The summed E-state index contributed by atoms with van der Waals surface area (Å²) in [6.07, 6.45) is 0.178. The Labute approximate surface area is 238 Å². The highest BCUT2D eigenvalue weighted by Crippen LogP contribution is 2.29. The Kier molecular flexibility index (Phi) is 10.1.